The van der Waals surface area contributed by atoms with Crippen LogP contribution in [-0.4, -0.2) is 58.0 Å². The summed E-state index contributed by atoms with van der Waals surface area (Å²) in [7, 11) is 1.97. The summed E-state index contributed by atoms with van der Waals surface area (Å²) in [4.78, 5) is 14.2. The van der Waals surface area contributed by atoms with Crippen molar-refractivity contribution in [2.45, 2.75) is 57.5 Å². The molecule has 0 bridgehead atoms. The minimum atomic E-state index is 0.0247. The zero-order valence-corrected chi connectivity index (χ0v) is 15.5. The topological polar surface area (TPSA) is 72.3 Å². The molecule has 1 aliphatic heterocycles. The smallest absolute Gasteiger partial charge is 0.317 e. The molecule has 7 heteroatoms. The van der Waals surface area contributed by atoms with Crippen molar-refractivity contribution < 1.29 is 9.53 Å². The molecule has 140 valence electrons. The van der Waals surface area contributed by atoms with Gasteiger partial charge in [0.25, 0.3) is 0 Å². The van der Waals surface area contributed by atoms with Crippen LogP contribution in [0.4, 0.5) is 4.79 Å². The van der Waals surface area contributed by atoms with Crippen LogP contribution < -0.4 is 5.32 Å². The van der Waals surface area contributed by atoms with Crippen LogP contribution in [0.15, 0.2) is 6.33 Å². The number of nitrogens with one attached hydrogen (secondary N) is 1. The number of carbonyl (C=O) groups excluding carboxylic acids is 1. The molecule has 1 saturated heterocycles. The van der Waals surface area contributed by atoms with Crippen molar-refractivity contribution in [1.82, 2.24) is 25.0 Å². The van der Waals surface area contributed by atoms with Gasteiger partial charge in [0.05, 0.1) is 12.7 Å². The molecule has 0 aromatic carbocycles. The van der Waals surface area contributed by atoms with Crippen molar-refractivity contribution in [3.63, 3.8) is 0 Å². The van der Waals surface area contributed by atoms with Crippen LogP contribution >= 0.6 is 0 Å². The maximum Gasteiger partial charge on any atom is 0.317 e. The third-order valence-corrected chi connectivity index (χ3v) is 5.64. The van der Waals surface area contributed by atoms with E-state index in [0.29, 0.717) is 31.1 Å². The molecule has 1 aliphatic carbocycles. The number of likely N-dealkylation sites (tertiary alicyclic amines) is 1. The molecule has 7 nitrogen and oxygen atoms in total. The SMILES string of the molecule is CC1CCCCC1OCCNC(=O)N1CCC(c2nncn2C)CC1. The van der Waals surface area contributed by atoms with E-state index in [1.165, 1.54) is 19.3 Å². The van der Waals surface area contributed by atoms with Crippen LogP contribution in [0.1, 0.15) is 57.2 Å². The van der Waals surface area contributed by atoms with E-state index in [9.17, 15) is 4.79 Å². The lowest BCUT2D eigenvalue weighted by molar-refractivity contribution is -0.00277. The number of urea groups is 1. The average molecular weight is 349 g/mol. The number of amides is 2. The number of ether oxygens (including phenoxy) is 1. The van der Waals surface area contributed by atoms with E-state index < -0.39 is 0 Å². The van der Waals surface area contributed by atoms with Gasteiger partial charge >= 0.3 is 6.03 Å². The Hall–Kier alpha value is -1.63. The third kappa shape index (κ3) is 4.71. The van der Waals surface area contributed by atoms with E-state index in [4.69, 9.17) is 4.74 Å². The van der Waals surface area contributed by atoms with Gasteiger partial charge in [-0.15, -0.1) is 10.2 Å². The molecule has 2 aliphatic rings. The fourth-order valence-corrected chi connectivity index (χ4v) is 4.01. The number of piperidine rings is 1. The molecule has 0 radical (unpaired) electrons. The lowest BCUT2D eigenvalue weighted by Gasteiger charge is -2.32. The second-order valence-electron chi connectivity index (χ2n) is 7.46. The summed E-state index contributed by atoms with van der Waals surface area (Å²) in [5.74, 6) is 2.06. The Balaban J connectivity index is 1.33. The number of hydrogen-bond acceptors (Lipinski definition) is 4. The van der Waals surface area contributed by atoms with Crippen LogP contribution in [0.2, 0.25) is 0 Å². The first-order valence-corrected chi connectivity index (χ1v) is 9.63. The highest BCUT2D eigenvalue weighted by molar-refractivity contribution is 5.74. The average Bonchev–Trinajstić information content (AvgIpc) is 3.06. The van der Waals surface area contributed by atoms with Gasteiger partial charge in [-0.05, 0) is 31.6 Å². The van der Waals surface area contributed by atoms with E-state index in [0.717, 1.165) is 38.2 Å². The predicted molar refractivity (Wildman–Crippen MR) is 95.3 cm³/mol. The Bertz CT molecular complexity index is 553. The molecule has 3 rings (SSSR count). The Morgan fingerprint density at radius 1 is 1.28 bits per heavy atom. The molecule has 25 heavy (non-hydrogen) atoms. The zero-order chi connectivity index (χ0) is 17.6. The predicted octanol–water partition coefficient (Wildman–Crippen LogP) is 2.30. The molecule has 2 heterocycles. The first kappa shape index (κ1) is 18.2. The molecule has 1 N–H and O–H groups in total. The number of aryl methyl sites for hydroxylation is 1. The highest BCUT2D eigenvalue weighted by Crippen LogP contribution is 2.27. The first-order chi connectivity index (χ1) is 12.1. The van der Waals surface area contributed by atoms with E-state index in [1.807, 2.05) is 16.5 Å². The monoisotopic (exact) mass is 349 g/mol. The number of carbonyl (C=O) groups is 1. The summed E-state index contributed by atoms with van der Waals surface area (Å²) < 4.78 is 7.94. The second-order valence-corrected chi connectivity index (χ2v) is 7.46. The summed E-state index contributed by atoms with van der Waals surface area (Å²) in [6.45, 7) is 5.00. The van der Waals surface area contributed by atoms with Gasteiger partial charge in [-0.3, -0.25) is 0 Å². The molecule has 2 unspecified atom stereocenters. The lowest BCUT2D eigenvalue weighted by atomic mass is 9.88. The minimum Gasteiger partial charge on any atom is -0.376 e. The van der Waals surface area contributed by atoms with Crippen molar-refractivity contribution in [3.8, 4) is 0 Å². The Labute approximate surface area is 150 Å². The molecule has 2 fully saturated rings. The van der Waals surface area contributed by atoms with Crippen LogP contribution in [-0.2, 0) is 11.8 Å². The van der Waals surface area contributed by atoms with E-state index in [1.54, 1.807) is 6.33 Å². The number of nitrogens with zero attached hydrogens (tertiary/aromatic N) is 4. The van der Waals surface area contributed by atoms with Gasteiger partial charge in [0.15, 0.2) is 0 Å². The summed E-state index contributed by atoms with van der Waals surface area (Å²) in [5.41, 5.74) is 0. The van der Waals surface area contributed by atoms with Crippen LogP contribution in [0.25, 0.3) is 0 Å². The highest BCUT2D eigenvalue weighted by atomic mass is 16.5. The second kappa shape index (κ2) is 8.65. The highest BCUT2D eigenvalue weighted by Gasteiger charge is 2.26. The van der Waals surface area contributed by atoms with Crippen LogP contribution in [0.5, 0.6) is 0 Å². The van der Waals surface area contributed by atoms with Gasteiger partial charge in [-0.25, -0.2) is 4.79 Å². The standard InChI is InChI=1S/C18H31N5O2/c1-14-5-3-4-6-16(14)25-12-9-19-18(24)23-10-7-15(8-11-23)17-21-20-13-22(17)2/h13-16H,3-12H2,1-2H3,(H,19,24). The fraction of sp³-hybridized carbons (Fsp3) is 0.833. The molecule has 2 atom stereocenters. The molecule has 0 spiro atoms. The maximum atomic E-state index is 12.3. The van der Waals surface area contributed by atoms with E-state index >= 15 is 0 Å². The fourth-order valence-electron chi connectivity index (χ4n) is 4.01. The van der Waals surface area contributed by atoms with Crippen molar-refractivity contribution in [2.75, 3.05) is 26.2 Å². The normalized spacial score (nSPS) is 25.1. The van der Waals surface area contributed by atoms with Crippen molar-refractivity contribution in [2.24, 2.45) is 13.0 Å². The molecule has 1 aromatic rings. The Morgan fingerprint density at radius 2 is 2.04 bits per heavy atom. The quantitative estimate of drug-likeness (QED) is 0.828. The van der Waals surface area contributed by atoms with Gasteiger partial charge < -0.3 is 19.5 Å². The van der Waals surface area contributed by atoms with Crippen LogP contribution in [0.3, 0.4) is 0 Å². The van der Waals surface area contributed by atoms with Crippen molar-refractivity contribution >= 4 is 6.03 Å². The Kier molecular flexibility index (Phi) is 6.29. The third-order valence-electron chi connectivity index (χ3n) is 5.64. The number of aromatic nitrogens is 3. The molecular weight excluding hydrogens is 318 g/mol. The summed E-state index contributed by atoms with van der Waals surface area (Å²) in [6, 6.07) is 0.0247. The number of rotatable bonds is 5. The zero-order valence-electron chi connectivity index (χ0n) is 15.5. The Morgan fingerprint density at radius 3 is 2.72 bits per heavy atom. The van der Waals surface area contributed by atoms with Gasteiger partial charge in [-0.1, -0.05) is 19.8 Å². The van der Waals surface area contributed by atoms with E-state index in [2.05, 4.69) is 22.4 Å². The van der Waals surface area contributed by atoms with Crippen molar-refractivity contribution in [1.29, 1.82) is 0 Å². The van der Waals surface area contributed by atoms with E-state index in [-0.39, 0.29) is 6.03 Å². The molecule has 1 aromatic heterocycles. The van der Waals surface area contributed by atoms with Gasteiger partial charge in [0.2, 0.25) is 0 Å². The van der Waals surface area contributed by atoms with Crippen LogP contribution in [0, 0.1) is 5.92 Å². The molecule has 1 saturated carbocycles. The summed E-state index contributed by atoms with van der Waals surface area (Å²) in [6.07, 6.45) is 8.99. The largest absolute Gasteiger partial charge is 0.376 e. The van der Waals surface area contributed by atoms with Gasteiger partial charge in [-0.2, -0.15) is 0 Å². The maximum absolute atomic E-state index is 12.3. The summed E-state index contributed by atoms with van der Waals surface area (Å²) >= 11 is 0. The summed E-state index contributed by atoms with van der Waals surface area (Å²) in [5, 5.41) is 11.1. The van der Waals surface area contributed by atoms with Gasteiger partial charge in [0.1, 0.15) is 12.2 Å². The lowest BCUT2D eigenvalue weighted by Crippen LogP contribution is -2.45. The first-order valence-electron chi connectivity index (χ1n) is 9.63. The van der Waals surface area contributed by atoms with Crippen molar-refractivity contribution in [3.05, 3.63) is 12.2 Å². The molecule has 2 amide bonds. The molecular formula is C18H31N5O2. The minimum absolute atomic E-state index is 0.0247. The number of hydrogen-bond donors (Lipinski definition) is 1. The van der Waals surface area contributed by atoms with Gasteiger partial charge in [0, 0.05) is 32.6 Å².